The smallest absolute Gasteiger partial charge is 0.198 e. The van der Waals surface area contributed by atoms with Crippen LogP contribution in [0.15, 0.2) is 47.6 Å². The summed E-state index contributed by atoms with van der Waals surface area (Å²) in [5, 5.41) is 7.41. The summed E-state index contributed by atoms with van der Waals surface area (Å²) in [7, 11) is 0. The second kappa shape index (κ2) is 6.16. The fourth-order valence-corrected chi connectivity index (χ4v) is 5.06. The summed E-state index contributed by atoms with van der Waals surface area (Å²) in [6.45, 7) is 1.21. The van der Waals surface area contributed by atoms with Crippen molar-refractivity contribution < 1.29 is 14.2 Å². The highest BCUT2D eigenvalue weighted by Crippen LogP contribution is 2.51. The topological polar surface area (TPSA) is 43.3 Å². The first-order valence-corrected chi connectivity index (χ1v) is 10.4. The lowest BCUT2D eigenvalue weighted by atomic mass is 9.86. The SMILES string of the molecule is c1ccc2c(c1)OC1(CCCCC1)N1N=C(c3ccc4c(c3)OCCO4)C[C@H]21. The van der Waals surface area contributed by atoms with Gasteiger partial charge in [-0.15, -0.1) is 0 Å². The molecule has 0 radical (unpaired) electrons. The maximum Gasteiger partial charge on any atom is 0.198 e. The molecule has 5 heteroatoms. The van der Waals surface area contributed by atoms with Crippen molar-refractivity contribution in [1.82, 2.24) is 5.01 Å². The largest absolute Gasteiger partial charge is 0.486 e. The Morgan fingerprint density at radius 1 is 0.893 bits per heavy atom. The van der Waals surface area contributed by atoms with Crippen LogP contribution in [0.25, 0.3) is 0 Å². The minimum atomic E-state index is -0.299. The fraction of sp³-hybridized carbons (Fsp3) is 0.435. The number of para-hydroxylation sites is 1. The van der Waals surface area contributed by atoms with E-state index in [1.165, 1.54) is 24.8 Å². The van der Waals surface area contributed by atoms with E-state index in [1.807, 2.05) is 6.07 Å². The minimum Gasteiger partial charge on any atom is -0.486 e. The fourth-order valence-electron chi connectivity index (χ4n) is 5.06. The molecule has 1 spiro atoms. The van der Waals surface area contributed by atoms with Crippen LogP contribution in [0.4, 0.5) is 0 Å². The summed E-state index contributed by atoms with van der Waals surface area (Å²) >= 11 is 0. The first kappa shape index (κ1) is 16.3. The van der Waals surface area contributed by atoms with Crippen molar-refractivity contribution in [2.45, 2.75) is 50.3 Å². The van der Waals surface area contributed by atoms with Crippen LogP contribution in [0, 0.1) is 0 Å². The Bertz CT molecular complexity index is 949. The highest BCUT2D eigenvalue weighted by Gasteiger charge is 2.50. The Morgan fingerprint density at radius 2 is 1.71 bits per heavy atom. The van der Waals surface area contributed by atoms with E-state index in [2.05, 4.69) is 41.4 Å². The molecule has 1 saturated carbocycles. The lowest BCUT2D eigenvalue weighted by Crippen LogP contribution is -2.54. The van der Waals surface area contributed by atoms with Gasteiger partial charge < -0.3 is 14.2 Å². The number of hydrogen-bond acceptors (Lipinski definition) is 5. The highest BCUT2D eigenvalue weighted by atomic mass is 16.6. The average molecular weight is 376 g/mol. The van der Waals surface area contributed by atoms with E-state index in [0.717, 1.165) is 47.8 Å². The summed E-state index contributed by atoms with van der Waals surface area (Å²) < 4.78 is 18.1. The van der Waals surface area contributed by atoms with Gasteiger partial charge in [0.25, 0.3) is 0 Å². The zero-order valence-corrected chi connectivity index (χ0v) is 15.9. The van der Waals surface area contributed by atoms with Crippen molar-refractivity contribution in [3.63, 3.8) is 0 Å². The van der Waals surface area contributed by atoms with Gasteiger partial charge in [0.15, 0.2) is 17.2 Å². The van der Waals surface area contributed by atoms with Crippen LogP contribution in [0.5, 0.6) is 17.2 Å². The van der Waals surface area contributed by atoms with E-state index in [-0.39, 0.29) is 11.8 Å². The molecule has 0 unspecified atom stereocenters. The number of ether oxygens (including phenoxy) is 3. The van der Waals surface area contributed by atoms with Crippen molar-refractivity contribution in [2.75, 3.05) is 13.2 Å². The predicted octanol–water partition coefficient (Wildman–Crippen LogP) is 4.66. The molecule has 28 heavy (non-hydrogen) atoms. The van der Waals surface area contributed by atoms with Gasteiger partial charge in [0.1, 0.15) is 19.0 Å². The Hall–Kier alpha value is -2.69. The first-order valence-electron chi connectivity index (χ1n) is 10.4. The van der Waals surface area contributed by atoms with Gasteiger partial charge >= 0.3 is 0 Å². The lowest BCUT2D eigenvalue weighted by Gasteiger charge is -2.49. The Labute approximate surface area is 164 Å². The molecule has 0 amide bonds. The molecule has 1 atom stereocenters. The standard InChI is InChI=1S/C23H24N2O3/c1-4-10-23(11-5-1)25-19(17-6-2-3-7-20(17)28-23)15-18(24-25)16-8-9-21-22(14-16)27-13-12-26-21/h2-3,6-9,14,19H,1,4-5,10-13,15H2/t19-/m1/s1. The molecular formula is C23H24N2O3. The second-order valence-corrected chi connectivity index (χ2v) is 8.12. The van der Waals surface area contributed by atoms with Gasteiger partial charge in [0, 0.05) is 30.4 Å². The molecule has 0 bridgehead atoms. The van der Waals surface area contributed by atoms with Gasteiger partial charge in [0.05, 0.1) is 11.8 Å². The minimum absolute atomic E-state index is 0.242. The van der Waals surface area contributed by atoms with Crippen LogP contribution in [0.1, 0.15) is 55.7 Å². The summed E-state index contributed by atoms with van der Waals surface area (Å²) in [6.07, 6.45) is 6.64. The van der Waals surface area contributed by atoms with Gasteiger partial charge in [-0.2, -0.15) is 5.10 Å². The van der Waals surface area contributed by atoms with Crippen LogP contribution >= 0.6 is 0 Å². The van der Waals surface area contributed by atoms with Gasteiger partial charge in [-0.3, -0.25) is 0 Å². The number of nitrogens with zero attached hydrogens (tertiary/aromatic N) is 2. The zero-order chi connectivity index (χ0) is 18.6. The number of hydrazone groups is 1. The third kappa shape index (κ3) is 2.42. The van der Waals surface area contributed by atoms with Crippen LogP contribution in [-0.2, 0) is 0 Å². The number of fused-ring (bicyclic) bond motifs is 5. The monoisotopic (exact) mass is 376 g/mol. The maximum absolute atomic E-state index is 6.62. The number of benzene rings is 2. The van der Waals surface area contributed by atoms with E-state index in [1.54, 1.807) is 0 Å². The van der Waals surface area contributed by atoms with E-state index in [4.69, 9.17) is 19.3 Å². The zero-order valence-electron chi connectivity index (χ0n) is 15.9. The van der Waals surface area contributed by atoms with Crippen molar-refractivity contribution >= 4 is 5.71 Å². The quantitative estimate of drug-likeness (QED) is 0.726. The number of rotatable bonds is 1. The van der Waals surface area contributed by atoms with Crippen molar-refractivity contribution in [1.29, 1.82) is 0 Å². The first-order chi connectivity index (χ1) is 13.8. The van der Waals surface area contributed by atoms with Crippen LogP contribution in [0.2, 0.25) is 0 Å². The van der Waals surface area contributed by atoms with Gasteiger partial charge in [-0.1, -0.05) is 24.6 Å². The summed E-state index contributed by atoms with van der Waals surface area (Å²) in [4.78, 5) is 0. The van der Waals surface area contributed by atoms with Crippen LogP contribution in [0.3, 0.4) is 0 Å². The van der Waals surface area contributed by atoms with Crippen molar-refractivity contribution in [2.24, 2.45) is 5.10 Å². The molecule has 3 heterocycles. The Kier molecular flexibility index (Phi) is 3.58. The summed E-state index contributed by atoms with van der Waals surface area (Å²) in [5.41, 5.74) is 3.16. The second-order valence-electron chi connectivity index (χ2n) is 8.12. The third-order valence-corrected chi connectivity index (χ3v) is 6.42. The van der Waals surface area contributed by atoms with Gasteiger partial charge in [0.2, 0.25) is 0 Å². The van der Waals surface area contributed by atoms with Gasteiger partial charge in [-0.05, 0) is 37.1 Å². The summed E-state index contributed by atoms with van der Waals surface area (Å²) in [6, 6.07) is 14.9. The molecule has 2 aromatic carbocycles. The molecule has 0 N–H and O–H groups in total. The lowest BCUT2D eigenvalue weighted by molar-refractivity contribution is -0.140. The molecule has 1 aliphatic carbocycles. The third-order valence-electron chi connectivity index (χ3n) is 6.42. The van der Waals surface area contributed by atoms with E-state index >= 15 is 0 Å². The maximum atomic E-state index is 6.62. The number of hydrogen-bond donors (Lipinski definition) is 0. The van der Waals surface area contributed by atoms with Crippen LogP contribution in [-0.4, -0.2) is 29.7 Å². The molecule has 0 aromatic heterocycles. The molecule has 144 valence electrons. The average Bonchev–Trinajstić information content (AvgIpc) is 3.21. The Morgan fingerprint density at radius 3 is 2.61 bits per heavy atom. The van der Waals surface area contributed by atoms with Crippen molar-refractivity contribution in [3.05, 3.63) is 53.6 Å². The molecule has 3 aliphatic heterocycles. The molecule has 4 aliphatic rings. The van der Waals surface area contributed by atoms with Crippen LogP contribution < -0.4 is 14.2 Å². The van der Waals surface area contributed by atoms with Crippen molar-refractivity contribution in [3.8, 4) is 17.2 Å². The highest BCUT2D eigenvalue weighted by molar-refractivity contribution is 6.02. The molecular weight excluding hydrogens is 352 g/mol. The van der Waals surface area contributed by atoms with E-state index in [9.17, 15) is 0 Å². The molecule has 1 fully saturated rings. The Balaban J connectivity index is 1.41. The van der Waals surface area contributed by atoms with E-state index in [0.29, 0.717) is 13.2 Å². The van der Waals surface area contributed by atoms with Gasteiger partial charge in [-0.25, -0.2) is 5.01 Å². The molecule has 0 saturated heterocycles. The van der Waals surface area contributed by atoms with E-state index < -0.39 is 0 Å². The molecule has 5 nitrogen and oxygen atoms in total. The summed E-state index contributed by atoms with van der Waals surface area (Å²) in [5.74, 6) is 2.67. The molecule has 2 aromatic rings. The predicted molar refractivity (Wildman–Crippen MR) is 106 cm³/mol. The normalized spacial score (nSPS) is 24.2. The molecule has 6 rings (SSSR count).